The molecule has 0 aromatic carbocycles. The molecule has 0 saturated carbocycles. The topological polar surface area (TPSA) is 90.4 Å². The first-order valence-electron chi connectivity index (χ1n) is 13.3. The van der Waals surface area contributed by atoms with Crippen LogP contribution in [0.2, 0.25) is 0 Å². The smallest absolute Gasteiger partial charge is 0.249 e. The fourth-order valence-electron chi connectivity index (χ4n) is 7.30. The maximum Gasteiger partial charge on any atom is 0.249 e. The average Bonchev–Trinajstić information content (AvgIpc) is 3.06. The first-order valence-corrected chi connectivity index (χ1v) is 13.3. The van der Waals surface area contributed by atoms with Crippen molar-refractivity contribution >= 4 is 17.7 Å². The van der Waals surface area contributed by atoms with Gasteiger partial charge in [-0.15, -0.1) is 0 Å². The molecule has 1 N–H and O–H groups in total. The first-order chi connectivity index (χ1) is 16.7. The Morgan fingerprint density at radius 1 is 1.00 bits per heavy atom. The minimum Gasteiger partial charge on any atom is -0.396 e. The number of rotatable bonds is 6. The molecule has 3 amide bonds. The van der Waals surface area contributed by atoms with E-state index in [9.17, 15) is 19.5 Å². The number of aliphatic hydroxyl groups excluding tert-OH is 1. The minimum absolute atomic E-state index is 0.00674. The van der Waals surface area contributed by atoms with Gasteiger partial charge in [-0.05, 0) is 38.5 Å². The third-order valence-corrected chi connectivity index (χ3v) is 8.39. The van der Waals surface area contributed by atoms with Gasteiger partial charge >= 0.3 is 0 Å². The van der Waals surface area contributed by atoms with E-state index in [2.05, 4.69) is 34.6 Å². The molecular weight excluding hydrogens is 458 g/mol. The number of carbonyl (C=O) groups is 3. The van der Waals surface area contributed by atoms with Crippen LogP contribution in [0.4, 0.5) is 0 Å². The Balaban J connectivity index is 1.86. The molecule has 4 rings (SSSR count). The summed E-state index contributed by atoms with van der Waals surface area (Å²) >= 11 is 0. The average molecular weight is 502 g/mol. The molecule has 4 aliphatic rings. The van der Waals surface area contributed by atoms with E-state index in [4.69, 9.17) is 4.74 Å². The predicted molar refractivity (Wildman–Crippen MR) is 137 cm³/mol. The van der Waals surface area contributed by atoms with Crippen molar-refractivity contribution in [2.24, 2.45) is 17.3 Å². The molecule has 200 valence electrons. The van der Waals surface area contributed by atoms with Crippen LogP contribution in [0.25, 0.3) is 0 Å². The zero-order valence-corrected chi connectivity index (χ0v) is 22.9. The lowest BCUT2D eigenvalue weighted by Gasteiger charge is -2.45. The van der Waals surface area contributed by atoms with Crippen LogP contribution < -0.4 is 0 Å². The largest absolute Gasteiger partial charge is 0.396 e. The summed E-state index contributed by atoms with van der Waals surface area (Å²) in [6.07, 6.45) is 9.38. The number of hydrogen-bond donors (Lipinski definition) is 1. The molecule has 1 spiro atoms. The van der Waals surface area contributed by atoms with Gasteiger partial charge in [0, 0.05) is 38.8 Å². The summed E-state index contributed by atoms with van der Waals surface area (Å²) in [5, 5.41) is 9.57. The maximum atomic E-state index is 14.5. The second-order valence-electron chi connectivity index (χ2n) is 12.8. The molecule has 0 aliphatic carbocycles. The van der Waals surface area contributed by atoms with Crippen molar-refractivity contribution in [3.63, 3.8) is 0 Å². The van der Waals surface area contributed by atoms with Crippen molar-refractivity contribution in [1.29, 1.82) is 0 Å². The summed E-state index contributed by atoms with van der Waals surface area (Å²) in [5.74, 6) is -2.04. The van der Waals surface area contributed by atoms with E-state index < -0.39 is 34.6 Å². The third kappa shape index (κ3) is 4.01. The number of likely N-dealkylation sites (N-methyl/N-ethyl adjacent to an activating group) is 1. The fraction of sp³-hybridized carbons (Fsp3) is 0.750. The van der Waals surface area contributed by atoms with Crippen molar-refractivity contribution in [2.45, 2.75) is 83.6 Å². The van der Waals surface area contributed by atoms with Gasteiger partial charge in [-0.1, -0.05) is 52.0 Å². The van der Waals surface area contributed by atoms with Crippen LogP contribution in [0, 0.1) is 17.3 Å². The number of nitrogens with zero attached hydrogens (tertiary/aromatic N) is 3. The van der Waals surface area contributed by atoms with Gasteiger partial charge in [0.05, 0.1) is 17.4 Å². The quantitative estimate of drug-likeness (QED) is 0.565. The number of amides is 3. The SMILES string of the molecule is CC[C@@]12C=CCN(C)C(=O)[C@@H]1[C@H]1C(=O)N(CCCO)C3C(=O)N(C(C)(C)CC(C)(C)C)CC=C[C@@]31O2. The molecule has 0 bridgehead atoms. The Bertz CT molecular complexity index is 982. The van der Waals surface area contributed by atoms with Gasteiger partial charge in [-0.25, -0.2) is 0 Å². The molecule has 36 heavy (non-hydrogen) atoms. The second kappa shape index (κ2) is 8.98. The summed E-state index contributed by atoms with van der Waals surface area (Å²) in [5.41, 5.74) is -2.66. The van der Waals surface area contributed by atoms with E-state index in [0.29, 0.717) is 25.9 Å². The van der Waals surface area contributed by atoms with Crippen LogP contribution in [0.3, 0.4) is 0 Å². The Kier molecular flexibility index (Phi) is 6.70. The van der Waals surface area contributed by atoms with Gasteiger partial charge < -0.3 is 24.5 Å². The summed E-state index contributed by atoms with van der Waals surface area (Å²) in [7, 11) is 1.74. The molecule has 2 saturated heterocycles. The molecule has 5 atom stereocenters. The van der Waals surface area contributed by atoms with E-state index in [1.54, 1.807) is 16.8 Å². The lowest BCUT2D eigenvalue weighted by atomic mass is 9.73. The van der Waals surface area contributed by atoms with Crippen LogP contribution in [0.5, 0.6) is 0 Å². The zero-order chi connectivity index (χ0) is 26.7. The standard InChI is InChI=1S/C28H43N3O5/c1-8-27-12-9-14-29(7)22(33)19(27)20-23(34)30(15-11-17-32)21-24(35)31(16-10-13-28(20,21)36-27)26(5,6)18-25(2,3)4/h9-10,12-13,19-21,32H,8,11,14-18H2,1-7H3/t19-,20-,21?,27+,28-/m0/s1. The molecular formula is C28H43N3O5. The molecule has 0 aromatic heterocycles. The Labute approximate surface area is 215 Å². The lowest BCUT2D eigenvalue weighted by molar-refractivity contribution is -0.157. The summed E-state index contributed by atoms with van der Waals surface area (Å²) < 4.78 is 6.92. The Morgan fingerprint density at radius 2 is 1.67 bits per heavy atom. The number of aliphatic hydroxyl groups is 1. The summed E-state index contributed by atoms with van der Waals surface area (Å²) in [4.78, 5) is 47.4. The van der Waals surface area contributed by atoms with Crippen molar-refractivity contribution in [3.8, 4) is 0 Å². The predicted octanol–water partition coefficient (Wildman–Crippen LogP) is 2.37. The lowest BCUT2D eigenvalue weighted by Crippen LogP contribution is -2.60. The van der Waals surface area contributed by atoms with Crippen molar-refractivity contribution in [3.05, 3.63) is 24.3 Å². The van der Waals surface area contributed by atoms with Crippen LogP contribution in [-0.2, 0) is 19.1 Å². The number of fused-ring (bicyclic) bond motifs is 2. The monoisotopic (exact) mass is 501 g/mol. The molecule has 1 unspecified atom stereocenters. The Hall–Kier alpha value is -2.19. The highest BCUT2D eigenvalue weighted by molar-refractivity contribution is 6.00. The first kappa shape index (κ1) is 26.9. The number of ether oxygens (including phenoxy) is 1. The van der Waals surface area contributed by atoms with E-state index in [1.165, 1.54) is 0 Å². The molecule has 4 heterocycles. The fourth-order valence-corrected chi connectivity index (χ4v) is 7.30. The highest BCUT2D eigenvalue weighted by atomic mass is 16.5. The molecule has 8 nitrogen and oxygen atoms in total. The van der Waals surface area contributed by atoms with Crippen LogP contribution in [0.15, 0.2) is 24.3 Å². The molecule has 0 aromatic rings. The van der Waals surface area contributed by atoms with E-state index in [-0.39, 0.29) is 36.3 Å². The van der Waals surface area contributed by atoms with E-state index in [1.807, 2.05) is 36.1 Å². The molecule has 4 aliphatic heterocycles. The van der Waals surface area contributed by atoms with Crippen LogP contribution >= 0.6 is 0 Å². The van der Waals surface area contributed by atoms with Gasteiger partial charge in [0.15, 0.2) is 0 Å². The van der Waals surface area contributed by atoms with Crippen molar-refractivity contribution in [2.75, 3.05) is 33.3 Å². The summed E-state index contributed by atoms with van der Waals surface area (Å²) in [6, 6.07) is -0.888. The van der Waals surface area contributed by atoms with Crippen molar-refractivity contribution in [1.82, 2.24) is 14.7 Å². The normalized spacial score (nSPS) is 34.6. The highest BCUT2D eigenvalue weighted by Gasteiger charge is 2.75. The van der Waals surface area contributed by atoms with Gasteiger partial charge in [0.1, 0.15) is 11.6 Å². The van der Waals surface area contributed by atoms with Crippen LogP contribution in [-0.4, -0.2) is 93.6 Å². The maximum absolute atomic E-state index is 14.5. The number of hydrogen-bond acceptors (Lipinski definition) is 5. The third-order valence-electron chi connectivity index (χ3n) is 8.39. The van der Waals surface area contributed by atoms with Crippen molar-refractivity contribution < 1.29 is 24.2 Å². The van der Waals surface area contributed by atoms with E-state index >= 15 is 0 Å². The summed E-state index contributed by atoms with van der Waals surface area (Å²) in [6.45, 7) is 13.6. The zero-order valence-electron chi connectivity index (χ0n) is 22.9. The van der Waals surface area contributed by atoms with Gasteiger partial charge in [0.2, 0.25) is 17.7 Å². The molecule has 2 fully saturated rings. The second-order valence-corrected chi connectivity index (χ2v) is 12.8. The van der Waals surface area contributed by atoms with Crippen LogP contribution in [0.1, 0.15) is 60.8 Å². The van der Waals surface area contributed by atoms with E-state index in [0.717, 1.165) is 6.42 Å². The minimum atomic E-state index is -1.24. The number of carbonyl (C=O) groups excluding carboxylic acids is 3. The van der Waals surface area contributed by atoms with Gasteiger partial charge in [-0.3, -0.25) is 14.4 Å². The Morgan fingerprint density at radius 3 is 2.28 bits per heavy atom. The molecule has 8 heteroatoms. The van der Waals surface area contributed by atoms with Gasteiger partial charge in [0.25, 0.3) is 0 Å². The number of likely N-dealkylation sites (tertiary alicyclic amines) is 1. The molecule has 0 radical (unpaired) electrons. The van der Waals surface area contributed by atoms with Gasteiger partial charge in [-0.2, -0.15) is 0 Å². The highest BCUT2D eigenvalue weighted by Crippen LogP contribution is 2.58.